The number of para-hydroxylation sites is 1. The fraction of sp³-hybridized carbons (Fsp3) is 0.100. The second kappa shape index (κ2) is 16.1. The van der Waals surface area contributed by atoms with E-state index in [0.29, 0.717) is 39.7 Å². The number of fused-ring (bicyclic) bond motifs is 2. The second-order valence-corrected chi connectivity index (χ2v) is 13.7. The number of carbonyl (C=O) groups excluding carboxylic acids is 6. The number of methoxy groups -OCH3 is 1. The number of carbonyl (C=O) groups is 6. The maximum absolute atomic E-state index is 15.4. The molecule has 2 aliphatic rings. The van der Waals surface area contributed by atoms with E-state index in [1.807, 2.05) is 37.1 Å². The van der Waals surface area contributed by atoms with Crippen molar-refractivity contribution in [2.45, 2.75) is 20.3 Å². The molecule has 1 unspecified atom stereocenters. The van der Waals surface area contributed by atoms with Gasteiger partial charge in [-0.05, 0) is 91.6 Å². The highest BCUT2D eigenvalue weighted by Gasteiger charge is 2.41. The van der Waals surface area contributed by atoms with Crippen LogP contribution >= 0.6 is 7.37 Å². The topological polar surface area (TPSA) is 166 Å². The van der Waals surface area contributed by atoms with Gasteiger partial charge in [0.2, 0.25) is 0 Å². The van der Waals surface area contributed by atoms with Crippen molar-refractivity contribution in [3.63, 3.8) is 0 Å². The van der Waals surface area contributed by atoms with Crippen LogP contribution in [0.1, 0.15) is 64.5 Å². The number of benzene rings is 4. The molecule has 0 N–H and O–H groups in total. The molecule has 0 saturated carbocycles. The van der Waals surface area contributed by atoms with Crippen molar-refractivity contribution < 1.29 is 56.8 Å². The molecule has 12 nitrogen and oxygen atoms in total. The number of aryl methyl sites for hydroxylation is 2. The molecular weight excluding hydrogens is 703 g/mol. The van der Waals surface area contributed by atoms with Crippen LogP contribution < -0.4 is 19.3 Å². The first-order valence-electron chi connectivity index (χ1n) is 15.8. The molecule has 0 spiro atoms. The van der Waals surface area contributed by atoms with Gasteiger partial charge in [-0.15, -0.1) is 0 Å². The quantitative estimate of drug-likeness (QED) is 0.0607. The number of rotatable bonds is 8. The summed E-state index contributed by atoms with van der Waals surface area (Å²) in [5, 5.41) is 0.274. The van der Waals surface area contributed by atoms with Crippen molar-refractivity contribution in [2.24, 2.45) is 0 Å². The largest absolute Gasteiger partial charge is 0.465 e. The van der Waals surface area contributed by atoms with Gasteiger partial charge >= 0.3 is 37.7 Å². The molecule has 0 radical (unpaired) electrons. The zero-order chi connectivity index (χ0) is 38.3. The second-order valence-electron chi connectivity index (χ2n) is 11.4. The van der Waals surface area contributed by atoms with Gasteiger partial charge in [-0.25, -0.2) is 19.2 Å². The highest BCUT2D eigenvalue weighted by atomic mass is 31.2. The third kappa shape index (κ3) is 7.68. The molecule has 4 aromatic carbocycles. The summed E-state index contributed by atoms with van der Waals surface area (Å²) in [7, 11) is -2.90. The summed E-state index contributed by atoms with van der Waals surface area (Å²) in [6.07, 6.45) is 7.88. The first-order chi connectivity index (χ1) is 25.5. The zero-order valence-electron chi connectivity index (χ0n) is 28.7. The number of hydrogen-bond acceptors (Lipinski definition) is 12. The van der Waals surface area contributed by atoms with Crippen LogP contribution in [0.2, 0.25) is 0 Å². The van der Waals surface area contributed by atoms with Crippen LogP contribution in [0.25, 0.3) is 5.57 Å². The molecule has 0 saturated heterocycles. The van der Waals surface area contributed by atoms with Crippen molar-refractivity contribution in [2.75, 3.05) is 7.11 Å². The van der Waals surface area contributed by atoms with Gasteiger partial charge in [-0.2, -0.15) is 0 Å². The maximum atomic E-state index is 15.4. The minimum absolute atomic E-state index is 0.0144. The lowest BCUT2D eigenvalue weighted by Gasteiger charge is -2.30. The first-order valence-corrected chi connectivity index (χ1v) is 17.5. The standard InChI is InChI=1S/C39H29O11P.CH2O/c1-23-13-14-26(20-31(23)38(43)46-3)36(41)48-27-16-18-33(49-37(42)25-15-17-28(24(2)19-25)39(44)47-22-40)35(21-27)51(45)34-12-6-4-5-10-30(34)29-9-7-8-11-32(29)50-51;1-2/h5-22H,4H2,1-3H3;1H2. The lowest BCUT2D eigenvalue weighted by Crippen LogP contribution is -2.21. The monoisotopic (exact) mass is 734 g/mol. The molecular formula is C40H31O12P. The highest BCUT2D eigenvalue weighted by Crippen LogP contribution is 2.63. The number of ether oxygens (including phenoxy) is 4. The first kappa shape index (κ1) is 37.6. The molecule has 0 aromatic heterocycles. The zero-order valence-corrected chi connectivity index (χ0v) is 29.5. The SMILES string of the molecule is C=O.COC(=O)c1cc(C(=O)Oc2ccc(OC(=O)c3ccc(C(=O)OC=O)c(C)c3)c(P3(=O)Oc4ccccc4C4=C3C=CCC=C4)c2)ccc1C. The van der Waals surface area contributed by atoms with Crippen molar-refractivity contribution in [1.82, 2.24) is 0 Å². The van der Waals surface area contributed by atoms with Gasteiger partial charge in [0, 0.05) is 5.56 Å². The van der Waals surface area contributed by atoms with Crippen LogP contribution in [0.4, 0.5) is 0 Å². The molecule has 0 bridgehead atoms. The normalized spacial score (nSPS) is 15.2. The molecule has 1 heterocycles. The fourth-order valence-corrected chi connectivity index (χ4v) is 8.06. The van der Waals surface area contributed by atoms with Crippen molar-refractivity contribution in [1.29, 1.82) is 0 Å². The van der Waals surface area contributed by atoms with E-state index >= 15 is 4.57 Å². The molecule has 1 aliphatic carbocycles. The van der Waals surface area contributed by atoms with E-state index < -0.39 is 31.2 Å². The van der Waals surface area contributed by atoms with E-state index in [1.54, 1.807) is 38.1 Å². The van der Waals surface area contributed by atoms with Crippen molar-refractivity contribution in [3.8, 4) is 17.2 Å². The molecule has 53 heavy (non-hydrogen) atoms. The Bertz CT molecular complexity index is 2300. The Labute approximate surface area is 303 Å². The molecule has 268 valence electrons. The van der Waals surface area contributed by atoms with E-state index in [-0.39, 0.29) is 45.5 Å². The Morgan fingerprint density at radius 1 is 0.755 bits per heavy atom. The lowest BCUT2D eigenvalue weighted by molar-refractivity contribution is -0.123. The Morgan fingerprint density at radius 3 is 2.19 bits per heavy atom. The number of esters is 4. The molecule has 1 atom stereocenters. The Hall–Kier alpha value is -6.65. The van der Waals surface area contributed by atoms with Gasteiger partial charge in [0.15, 0.2) is 0 Å². The van der Waals surface area contributed by atoms with E-state index in [9.17, 15) is 24.0 Å². The van der Waals surface area contributed by atoms with Gasteiger partial charge in [-0.3, -0.25) is 9.36 Å². The smallest absolute Gasteiger partial charge is 0.345 e. The average Bonchev–Trinajstić information content (AvgIpc) is 3.43. The van der Waals surface area contributed by atoms with Crippen molar-refractivity contribution >= 4 is 55.4 Å². The van der Waals surface area contributed by atoms with Crippen molar-refractivity contribution in [3.05, 3.63) is 147 Å². The molecule has 0 fully saturated rings. The van der Waals surface area contributed by atoms with E-state index in [1.165, 1.54) is 55.6 Å². The van der Waals surface area contributed by atoms with Crippen LogP contribution in [-0.4, -0.2) is 44.2 Å². The Kier molecular flexibility index (Phi) is 11.4. The van der Waals surface area contributed by atoms with Crippen LogP contribution in [0, 0.1) is 13.8 Å². The predicted molar refractivity (Wildman–Crippen MR) is 193 cm³/mol. The molecule has 0 amide bonds. The summed E-state index contributed by atoms with van der Waals surface area (Å²) >= 11 is 0. The Morgan fingerprint density at radius 2 is 1.45 bits per heavy atom. The van der Waals surface area contributed by atoms with Crippen LogP contribution in [-0.2, 0) is 23.6 Å². The van der Waals surface area contributed by atoms with Crippen LogP contribution in [0.15, 0.2) is 108 Å². The van der Waals surface area contributed by atoms with Gasteiger partial charge in [-0.1, -0.05) is 48.6 Å². The summed E-state index contributed by atoms with van der Waals surface area (Å²) in [6, 6.07) is 19.6. The van der Waals surface area contributed by atoms with Gasteiger partial charge in [0.1, 0.15) is 24.0 Å². The third-order valence-corrected chi connectivity index (χ3v) is 10.7. The van der Waals surface area contributed by atoms with Gasteiger partial charge in [0.25, 0.3) is 0 Å². The summed E-state index contributed by atoms with van der Waals surface area (Å²) in [6.45, 7) is 5.27. The van der Waals surface area contributed by atoms with Gasteiger partial charge < -0.3 is 28.3 Å². The third-order valence-electron chi connectivity index (χ3n) is 8.21. The predicted octanol–water partition coefficient (Wildman–Crippen LogP) is 6.88. The fourth-order valence-electron chi connectivity index (χ4n) is 5.65. The molecule has 13 heteroatoms. The minimum atomic E-state index is -4.14. The average molecular weight is 735 g/mol. The van der Waals surface area contributed by atoms with Crippen LogP contribution in [0.5, 0.6) is 17.2 Å². The summed E-state index contributed by atoms with van der Waals surface area (Å²) in [4.78, 5) is 69.9. The van der Waals surface area contributed by atoms with Crippen LogP contribution in [0.3, 0.4) is 0 Å². The highest BCUT2D eigenvalue weighted by molar-refractivity contribution is 7.72. The molecule has 1 aliphatic heterocycles. The Balaban J connectivity index is 0.00000266. The number of allylic oxidation sites excluding steroid dienone is 6. The van der Waals surface area contributed by atoms with Gasteiger partial charge in [0.05, 0.1) is 40.0 Å². The summed E-state index contributed by atoms with van der Waals surface area (Å²) in [5.41, 5.74) is 2.67. The molecule has 4 aromatic rings. The lowest BCUT2D eigenvalue weighted by atomic mass is 10.0. The maximum Gasteiger partial charge on any atom is 0.345 e. The number of hydrogen-bond donors (Lipinski definition) is 0. The summed E-state index contributed by atoms with van der Waals surface area (Å²) in [5.74, 6) is -3.03. The van der Waals surface area contributed by atoms with E-state index in [2.05, 4.69) is 4.74 Å². The van der Waals surface area contributed by atoms with E-state index in [0.717, 1.165) is 0 Å². The van der Waals surface area contributed by atoms with E-state index in [4.69, 9.17) is 23.5 Å². The minimum Gasteiger partial charge on any atom is -0.465 e. The summed E-state index contributed by atoms with van der Waals surface area (Å²) < 4.78 is 42.5. The molecule has 6 rings (SSSR count).